The topological polar surface area (TPSA) is 124 Å². The molecule has 0 aliphatic heterocycles. The number of rotatable bonds is 8. The number of pyridine rings is 1. The van der Waals surface area contributed by atoms with E-state index in [1.54, 1.807) is 32.0 Å². The summed E-state index contributed by atoms with van der Waals surface area (Å²) in [4.78, 5) is 26.7. The lowest BCUT2D eigenvalue weighted by atomic mass is 9.99. The molecule has 2 aromatic rings. The third kappa shape index (κ3) is 5.15. The van der Waals surface area contributed by atoms with E-state index in [1.807, 2.05) is 6.07 Å². The summed E-state index contributed by atoms with van der Waals surface area (Å²) in [6.45, 7) is 3.45. The van der Waals surface area contributed by atoms with Gasteiger partial charge in [0.25, 0.3) is 5.56 Å². The first kappa shape index (κ1) is 22.0. The van der Waals surface area contributed by atoms with Crippen LogP contribution in [0.2, 0.25) is 0 Å². The summed E-state index contributed by atoms with van der Waals surface area (Å²) in [6.07, 6.45) is -0.445. The van der Waals surface area contributed by atoms with Crippen LogP contribution in [0.5, 0.6) is 11.5 Å². The van der Waals surface area contributed by atoms with Gasteiger partial charge in [-0.1, -0.05) is 0 Å². The molecule has 29 heavy (non-hydrogen) atoms. The number of nitrogens with one attached hydrogen (secondary N) is 2. The number of carbonyl (C=O) groups excluding carboxylic acids is 1. The van der Waals surface area contributed by atoms with Crippen LogP contribution >= 0.6 is 0 Å². The number of aryl methyl sites for hydroxylation is 1. The van der Waals surface area contributed by atoms with E-state index in [0.717, 1.165) is 5.56 Å². The molecular formula is C21H25N3O5. The van der Waals surface area contributed by atoms with Crippen molar-refractivity contribution in [1.82, 2.24) is 10.3 Å². The largest absolute Gasteiger partial charge is 0.497 e. The maximum atomic E-state index is 12.3. The van der Waals surface area contributed by atoms with Gasteiger partial charge in [0, 0.05) is 24.2 Å². The average molecular weight is 399 g/mol. The molecule has 3 N–H and O–H groups in total. The van der Waals surface area contributed by atoms with E-state index in [4.69, 9.17) is 14.7 Å². The first-order chi connectivity index (χ1) is 13.8. The molecule has 1 atom stereocenters. The highest BCUT2D eigenvalue weighted by atomic mass is 16.5. The molecule has 1 heterocycles. The molecule has 0 bridgehead atoms. The molecule has 0 aliphatic rings. The Morgan fingerprint density at radius 1 is 1.31 bits per heavy atom. The predicted molar refractivity (Wildman–Crippen MR) is 107 cm³/mol. The van der Waals surface area contributed by atoms with Gasteiger partial charge in [0.2, 0.25) is 5.91 Å². The lowest BCUT2D eigenvalue weighted by molar-refractivity contribution is -0.121. The Morgan fingerprint density at radius 2 is 2.03 bits per heavy atom. The first-order valence-corrected chi connectivity index (χ1v) is 9.11. The predicted octanol–water partition coefficient (Wildman–Crippen LogP) is 1.66. The second-order valence-corrected chi connectivity index (χ2v) is 6.60. The van der Waals surface area contributed by atoms with E-state index in [1.165, 1.54) is 14.2 Å². The number of hydrogen-bond acceptors (Lipinski definition) is 6. The van der Waals surface area contributed by atoms with Crippen molar-refractivity contribution in [3.63, 3.8) is 0 Å². The third-order valence-electron chi connectivity index (χ3n) is 4.81. The lowest BCUT2D eigenvalue weighted by Gasteiger charge is -2.17. The number of H-pyrrole nitrogens is 1. The number of aliphatic hydroxyl groups excluding tert-OH is 1. The van der Waals surface area contributed by atoms with E-state index in [0.29, 0.717) is 34.7 Å². The van der Waals surface area contributed by atoms with Crippen LogP contribution < -0.4 is 20.3 Å². The SMILES string of the molecule is COc1ccc(OC)c(C(O)CNC(=O)CCc2c(C)[nH]c(=O)c(C#N)c2C)c1. The number of carbonyl (C=O) groups is 1. The Balaban J connectivity index is 2.01. The van der Waals surface area contributed by atoms with Crippen LogP contribution in [0.4, 0.5) is 0 Å². The van der Waals surface area contributed by atoms with Gasteiger partial charge in [-0.3, -0.25) is 9.59 Å². The summed E-state index contributed by atoms with van der Waals surface area (Å²) in [5, 5.41) is 22.3. The minimum Gasteiger partial charge on any atom is -0.497 e. The monoisotopic (exact) mass is 399 g/mol. The Morgan fingerprint density at radius 3 is 2.66 bits per heavy atom. The normalized spacial score (nSPS) is 11.4. The molecule has 0 radical (unpaired) electrons. The highest BCUT2D eigenvalue weighted by Crippen LogP contribution is 2.29. The number of ether oxygens (including phenoxy) is 2. The number of aliphatic hydroxyl groups is 1. The molecule has 0 aliphatic carbocycles. The minimum absolute atomic E-state index is 0.00932. The number of aromatic amines is 1. The fourth-order valence-electron chi connectivity index (χ4n) is 3.17. The number of methoxy groups -OCH3 is 2. The zero-order valence-electron chi connectivity index (χ0n) is 17.0. The van der Waals surface area contributed by atoms with Crippen molar-refractivity contribution in [2.75, 3.05) is 20.8 Å². The maximum absolute atomic E-state index is 12.3. The van der Waals surface area contributed by atoms with Crippen molar-refractivity contribution in [1.29, 1.82) is 5.26 Å². The van der Waals surface area contributed by atoms with E-state index in [2.05, 4.69) is 10.3 Å². The van der Waals surface area contributed by atoms with Gasteiger partial charge in [-0.05, 0) is 49.6 Å². The minimum atomic E-state index is -0.967. The van der Waals surface area contributed by atoms with Crippen molar-refractivity contribution >= 4 is 5.91 Å². The lowest BCUT2D eigenvalue weighted by Crippen LogP contribution is -2.29. The van der Waals surface area contributed by atoms with Crippen LogP contribution in [-0.4, -0.2) is 36.8 Å². The van der Waals surface area contributed by atoms with Gasteiger partial charge in [0.15, 0.2) is 0 Å². The molecule has 0 saturated carbocycles. The fourth-order valence-corrected chi connectivity index (χ4v) is 3.17. The Labute approximate surface area is 169 Å². The zero-order chi connectivity index (χ0) is 21.6. The van der Waals surface area contributed by atoms with Crippen LogP contribution in [0, 0.1) is 25.2 Å². The van der Waals surface area contributed by atoms with Crippen LogP contribution in [0.15, 0.2) is 23.0 Å². The Bertz CT molecular complexity index is 991. The van der Waals surface area contributed by atoms with Crippen LogP contribution in [0.25, 0.3) is 0 Å². The van der Waals surface area contributed by atoms with E-state index in [9.17, 15) is 14.7 Å². The quantitative estimate of drug-likeness (QED) is 0.620. The number of benzene rings is 1. The summed E-state index contributed by atoms with van der Waals surface area (Å²) in [6, 6.07) is 6.97. The number of nitrogens with zero attached hydrogens (tertiary/aromatic N) is 1. The summed E-state index contributed by atoms with van der Waals surface area (Å²) in [5.74, 6) is 0.814. The smallest absolute Gasteiger partial charge is 0.266 e. The molecular weight excluding hydrogens is 374 g/mol. The summed E-state index contributed by atoms with van der Waals surface area (Å²) in [5.41, 5.74) is 2.14. The van der Waals surface area contributed by atoms with Gasteiger partial charge >= 0.3 is 0 Å². The number of hydrogen-bond donors (Lipinski definition) is 3. The molecule has 1 aromatic heterocycles. The van der Waals surface area contributed by atoms with Gasteiger partial charge in [0.1, 0.15) is 23.1 Å². The second kappa shape index (κ2) is 9.75. The van der Waals surface area contributed by atoms with E-state index < -0.39 is 11.7 Å². The van der Waals surface area contributed by atoms with Gasteiger partial charge in [0.05, 0.1) is 20.3 Å². The molecule has 2 rings (SSSR count). The Kier molecular flexibility index (Phi) is 7.39. The molecule has 1 unspecified atom stereocenters. The molecule has 1 aromatic carbocycles. The summed E-state index contributed by atoms with van der Waals surface area (Å²) in [7, 11) is 3.03. The van der Waals surface area contributed by atoms with Crippen LogP contribution in [0.1, 0.15) is 40.5 Å². The van der Waals surface area contributed by atoms with Crippen molar-refractivity contribution in [2.45, 2.75) is 32.8 Å². The van der Waals surface area contributed by atoms with E-state index in [-0.39, 0.29) is 24.4 Å². The molecule has 0 saturated heterocycles. The average Bonchev–Trinajstić information content (AvgIpc) is 2.71. The number of nitriles is 1. The molecule has 1 amide bonds. The highest BCUT2D eigenvalue weighted by molar-refractivity contribution is 5.76. The van der Waals surface area contributed by atoms with E-state index >= 15 is 0 Å². The summed E-state index contributed by atoms with van der Waals surface area (Å²) >= 11 is 0. The third-order valence-corrected chi connectivity index (χ3v) is 4.81. The molecule has 154 valence electrons. The van der Waals surface area contributed by atoms with Crippen LogP contribution in [0.3, 0.4) is 0 Å². The Hall–Kier alpha value is -3.31. The molecule has 0 fully saturated rings. The van der Waals surface area contributed by atoms with Crippen molar-refractivity contribution in [3.8, 4) is 17.6 Å². The maximum Gasteiger partial charge on any atom is 0.266 e. The van der Waals surface area contributed by atoms with Gasteiger partial charge in [-0.25, -0.2) is 0 Å². The van der Waals surface area contributed by atoms with Crippen molar-refractivity contribution in [3.05, 3.63) is 56.5 Å². The van der Waals surface area contributed by atoms with Crippen molar-refractivity contribution < 1.29 is 19.4 Å². The number of amides is 1. The molecule has 8 nitrogen and oxygen atoms in total. The van der Waals surface area contributed by atoms with Gasteiger partial charge in [-0.15, -0.1) is 0 Å². The summed E-state index contributed by atoms with van der Waals surface area (Å²) < 4.78 is 10.4. The molecule has 8 heteroatoms. The number of aromatic nitrogens is 1. The standard InChI is InChI=1S/C21H25N3O5/c1-12-15(13(2)24-21(27)17(12)10-22)6-8-20(26)23-11-18(25)16-9-14(28-3)5-7-19(16)29-4/h5,7,9,18,25H,6,8,11H2,1-4H3,(H,23,26)(H,24,27). The van der Waals surface area contributed by atoms with Gasteiger partial charge in [-0.2, -0.15) is 5.26 Å². The fraction of sp³-hybridized carbons (Fsp3) is 0.381. The second-order valence-electron chi connectivity index (χ2n) is 6.60. The first-order valence-electron chi connectivity index (χ1n) is 9.11. The van der Waals surface area contributed by atoms with Crippen LogP contribution in [-0.2, 0) is 11.2 Å². The highest BCUT2D eigenvalue weighted by Gasteiger charge is 2.17. The molecule has 0 spiro atoms. The van der Waals surface area contributed by atoms with Gasteiger partial charge < -0.3 is 24.9 Å². The zero-order valence-corrected chi connectivity index (χ0v) is 17.0. The van der Waals surface area contributed by atoms with Crippen molar-refractivity contribution in [2.24, 2.45) is 0 Å².